The number of rotatable bonds is 10. The normalized spacial score (nSPS) is 10.9. The van der Waals surface area contributed by atoms with Crippen LogP contribution in [-0.2, 0) is 22.5 Å². The van der Waals surface area contributed by atoms with E-state index in [2.05, 4.69) is 38.2 Å². The number of methoxy groups -OCH3 is 1. The fourth-order valence-electron chi connectivity index (χ4n) is 3.16. The van der Waals surface area contributed by atoms with Gasteiger partial charge in [0.1, 0.15) is 0 Å². The van der Waals surface area contributed by atoms with Crippen LogP contribution in [0.2, 0.25) is 0 Å². The average molecular weight is 422 g/mol. The van der Waals surface area contributed by atoms with Crippen molar-refractivity contribution in [2.24, 2.45) is 5.92 Å². The van der Waals surface area contributed by atoms with Crippen molar-refractivity contribution in [3.8, 4) is 11.6 Å². The Kier molecular flexibility index (Phi) is 7.70. The van der Waals surface area contributed by atoms with Crippen molar-refractivity contribution in [2.75, 3.05) is 19.0 Å². The van der Waals surface area contributed by atoms with Gasteiger partial charge in [-0.15, -0.1) is 0 Å². The summed E-state index contributed by atoms with van der Waals surface area (Å²) in [4.78, 5) is 11.3. The van der Waals surface area contributed by atoms with Crippen LogP contribution in [-0.4, -0.2) is 29.5 Å². The maximum Gasteiger partial charge on any atom is 0.305 e. The van der Waals surface area contributed by atoms with E-state index in [1.165, 1.54) is 7.11 Å². The van der Waals surface area contributed by atoms with Gasteiger partial charge in [-0.05, 0) is 48.6 Å². The Balaban J connectivity index is 1.69. The number of aryl methyl sites for hydroxylation is 2. The predicted molar refractivity (Wildman–Crippen MR) is 123 cm³/mol. The molecule has 0 aliphatic heterocycles. The van der Waals surface area contributed by atoms with E-state index >= 15 is 0 Å². The van der Waals surface area contributed by atoms with Gasteiger partial charge in [-0.25, -0.2) is 4.68 Å². The minimum Gasteiger partial charge on any atom is -0.477 e. The molecule has 1 N–H and O–H groups in total. The van der Waals surface area contributed by atoms with E-state index in [0.717, 1.165) is 34.1 Å². The molecule has 2 aromatic carbocycles. The van der Waals surface area contributed by atoms with Gasteiger partial charge in [0.25, 0.3) is 0 Å². The number of esters is 1. The maximum atomic E-state index is 11.3. The zero-order chi connectivity index (χ0) is 22.2. The second-order valence-electron chi connectivity index (χ2n) is 8.00. The summed E-state index contributed by atoms with van der Waals surface area (Å²) in [5, 5.41) is 8.20. The van der Waals surface area contributed by atoms with Crippen molar-refractivity contribution in [1.82, 2.24) is 9.78 Å². The number of para-hydroxylation sites is 1. The van der Waals surface area contributed by atoms with Crippen molar-refractivity contribution in [3.63, 3.8) is 0 Å². The third-order valence-corrected chi connectivity index (χ3v) is 4.91. The number of aromatic nitrogens is 2. The molecule has 0 spiro atoms. The van der Waals surface area contributed by atoms with Gasteiger partial charge in [0.05, 0.1) is 31.6 Å². The molecule has 0 radical (unpaired) electrons. The second-order valence-corrected chi connectivity index (χ2v) is 8.00. The highest BCUT2D eigenvalue weighted by molar-refractivity contribution is 5.69. The number of carbonyl (C=O) groups excluding carboxylic acids is 1. The maximum absolute atomic E-state index is 11.3. The van der Waals surface area contributed by atoms with E-state index in [4.69, 9.17) is 14.6 Å². The van der Waals surface area contributed by atoms with Crippen molar-refractivity contribution in [3.05, 3.63) is 71.4 Å². The van der Waals surface area contributed by atoms with Gasteiger partial charge < -0.3 is 14.8 Å². The van der Waals surface area contributed by atoms with Crippen molar-refractivity contribution in [2.45, 2.75) is 40.2 Å². The van der Waals surface area contributed by atoms with Gasteiger partial charge in [-0.3, -0.25) is 4.79 Å². The predicted octanol–water partition coefficient (Wildman–Crippen LogP) is 4.93. The summed E-state index contributed by atoms with van der Waals surface area (Å²) in [7, 11) is 1.41. The lowest BCUT2D eigenvalue weighted by Crippen LogP contribution is -2.09. The molecule has 0 saturated carbocycles. The molecule has 6 nitrogen and oxygen atoms in total. The van der Waals surface area contributed by atoms with Gasteiger partial charge in [0.15, 0.2) is 0 Å². The Hall–Kier alpha value is -3.28. The quantitative estimate of drug-likeness (QED) is 0.470. The summed E-state index contributed by atoms with van der Waals surface area (Å²) in [6, 6.07) is 18.2. The van der Waals surface area contributed by atoms with Gasteiger partial charge in [0, 0.05) is 18.2 Å². The van der Waals surface area contributed by atoms with Crippen LogP contribution in [0.4, 0.5) is 5.69 Å². The molecule has 0 saturated heterocycles. The first kappa shape index (κ1) is 22.4. The van der Waals surface area contributed by atoms with E-state index in [1.54, 1.807) is 0 Å². The van der Waals surface area contributed by atoms with Crippen LogP contribution >= 0.6 is 0 Å². The number of nitrogens with one attached hydrogen (secondary N) is 1. The molecule has 0 unspecified atom stereocenters. The summed E-state index contributed by atoms with van der Waals surface area (Å²) in [5.74, 6) is 0.986. The molecular weight excluding hydrogens is 390 g/mol. The van der Waals surface area contributed by atoms with E-state index in [9.17, 15) is 4.79 Å². The van der Waals surface area contributed by atoms with E-state index < -0.39 is 0 Å². The van der Waals surface area contributed by atoms with Crippen LogP contribution in [0.25, 0.3) is 5.69 Å². The highest BCUT2D eigenvalue weighted by atomic mass is 16.5. The van der Waals surface area contributed by atoms with E-state index in [0.29, 0.717) is 31.9 Å². The number of carbonyl (C=O) groups is 1. The minimum atomic E-state index is -0.193. The standard InChI is InChI=1S/C25H31N3O3/c1-18(2)17-31-24-15-22(27-28(24)23-8-6-5-7-19(23)3)16-26-21-12-9-20(10-13-21)11-14-25(29)30-4/h5-10,12-13,15,18,26H,11,14,16-17H2,1-4H3. The molecule has 0 aliphatic carbocycles. The highest BCUT2D eigenvalue weighted by Gasteiger charge is 2.13. The third-order valence-electron chi connectivity index (χ3n) is 4.91. The number of nitrogens with zero attached hydrogens (tertiary/aromatic N) is 2. The first-order valence-corrected chi connectivity index (χ1v) is 10.6. The molecular formula is C25H31N3O3. The fourth-order valence-corrected chi connectivity index (χ4v) is 3.16. The zero-order valence-electron chi connectivity index (χ0n) is 18.7. The largest absolute Gasteiger partial charge is 0.477 e. The second kappa shape index (κ2) is 10.7. The number of anilines is 1. The number of ether oxygens (including phenoxy) is 2. The molecule has 1 heterocycles. The lowest BCUT2D eigenvalue weighted by atomic mass is 10.1. The molecule has 0 fully saturated rings. The number of benzene rings is 2. The first-order chi connectivity index (χ1) is 15.0. The third kappa shape index (κ3) is 6.35. The monoisotopic (exact) mass is 421 g/mol. The Labute approximate surface area is 184 Å². The SMILES string of the molecule is COC(=O)CCc1ccc(NCc2cc(OCC(C)C)n(-c3ccccc3C)n2)cc1. The van der Waals surface area contributed by atoms with Crippen LogP contribution < -0.4 is 10.1 Å². The lowest BCUT2D eigenvalue weighted by molar-refractivity contribution is -0.140. The zero-order valence-corrected chi connectivity index (χ0v) is 18.7. The molecule has 0 atom stereocenters. The van der Waals surface area contributed by atoms with Gasteiger partial charge in [0.2, 0.25) is 5.88 Å². The van der Waals surface area contributed by atoms with Crippen LogP contribution in [0.5, 0.6) is 5.88 Å². The van der Waals surface area contributed by atoms with Crippen molar-refractivity contribution in [1.29, 1.82) is 0 Å². The molecule has 1 aromatic heterocycles. The van der Waals surface area contributed by atoms with E-state index in [-0.39, 0.29) is 5.97 Å². The molecule has 3 aromatic rings. The lowest BCUT2D eigenvalue weighted by Gasteiger charge is -2.12. The van der Waals surface area contributed by atoms with Crippen molar-refractivity contribution >= 4 is 11.7 Å². The number of hydrogen-bond donors (Lipinski definition) is 1. The Morgan fingerprint density at radius 2 is 1.87 bits per heavy atom. The summed E-state index contributed by atoms with van der Waals surface area (Å²) >= 11 is 0. The summed E-state index contributed by atoms with van der Waals surface area (Å²) < 4.78 is 12.6. The Morgan fingerprint density at radius 1 is 1.13 bits per heavy atom. The summed E-state index contributed by atoms with van der Waals surface area (Å²) in [6.45, 7) is 7.55. The van der Waals surface area contributed by atoms with Crippen LogP contribution in [0, 0.1) is 12.8 Å². The topological polar surface area (TPSA) is 65.4 Å². The fraction of sp³-hybridized carbons (Fsp3) is 0.360. The summed E-state index contributed by atoms with van der Waals surface area (Å²) in [6.07, 6.45) is 1.06. The summed E-state index contributed by atoms with van der Waals surface area (Å²) in [5.41, 5.74) is 5.15. The highest BCUT2D eigenvalue weighted by Crippen LogP contribution is 2.23. The van der Waals surface area contributed by atoms with Crippen LogP contribution in [0.3, 0.4) is 0 Å². The van der Waals surface area contributed by atoms with Crippen LogP contribution in [0.15, 0.2) is 54.6 Å². The smallest absolute Gasteiger partial charge is 0.305 e. The van der Waals surface area contributed by atoms with Gasteiger partial charge in [-0.2, -0.15) is 5.10 Å². The molecule has 31 heavy (non-hydrogen) atoms. The molecule has 3 rings (SSSR count). The molecule has 6 heteroatoms. The number of hydrogen-bond acceptors (Lipinski definition) is 5. The Morgan fingerprint density at radius 3 is 2.55 bits per heavy atom. The molecule has 164 valence electrons. The Bertz CT molecular complexity index is 994. The first-order valence-electron chi connectivity index (χ1n) is 10.6. The minimum absolute atomic E-state index is 0.193. The van der Waals surface area contributed by atoms with Crippen LogP contribution in [0.1, 0.15) is 37.1 Å². The molecule has 0 aliphatic rings. The van der Waals surface area contributed by atoms with Gasteiger partial charge >= 0.3 is 5.97 Å². The molecule has 0 amide bonds. The van der Waals surface area contributed by atoms with Crippen molar-refractivity contribution < 1.29 is 14.3 Å². The van der Waals surface area contributed by atoms with E-state index in [1.807, 2.05) is 47.1 Å². The average Bonchev–Trinajstić information content (AvgIpc) is 3.18. The van der Waals surface area contributed by atoms with Gasteiger partial charge in [-0.1, -0.05) is 44.2 Å². The molecule has 0 bridgehead atoms.